The molecule has 0 spiro atoms. The van der Waals surface area contributed by atoms with Crippen molar-refractivity contribution in [1.82, 2.24) is 0 Å². The van der Waals surface area contributed by atoms with Crippen LogP contribution in [0.25, 0.3) is 0 Å². The first-order chi connectivity index (χ1) is 6.99. The van der Waals surface area contributed by atoms with Crippen LogP contribution in [0, 0.1) is 34.6 Å². The monoisotopic (exact) mass is 256 g/mol. The molecule has 0 heterocycles. The fourth-order valence-electron chi connectivity index (χ4n) is 1.67. The quantitative estimate of drug-likeness (QED) is 0.485. The van der Waals surface area contributed by atoms with Gasteiger partial charge in [-0.25, -0.2) is 32.4 Å². The Bertz CT molecular complexity index is 382. The molecule has 0 aliphatic rings. The molecule has 0 aliphatic heterocycles. The zero-order valence-electron chi connectivity index (χ0n) is 10.7. The molecular formula is C15H20Fe-6. The van der Waals surface area contributed by atoms with Gasteiger partial charge in [-0.2, -0.15) is 17.7 Å². The molecule has 94 valence electrons. The van der Waals surface area contributed by atoms with E-state index in [1.807, 2.05) is 0 Å². The third kappa shape index (κ3) is 4.83. The average Bonchev–Trinajstić information content (AvgIpc) is 2.61. The molecule has 0 radical (unpaired) electrons. The minimum absolute atomic E-state index is 0. The zero-order chi connectivity index (χ0) is 11.4. The Kier molecular flexibility index (Phi) is 6.40. The maximum absolute atomic E-state index is 2.20. The van der Waals surface area contributed by atoms with Crippen LogP contribution in [0.4, 0.5) is 0 Å². The van der Waals surface area contributed by atoms with Crippen molar-refractivity contribution in [3.63, 3.8) is 0 Å². The van der Waals surface area contributed by atoms with Crippen LogP contribution in [0.1, 0.15) is 27.8 Å². The molecule has 0 atom stereocenters. The summed E-state index contributed by atoms with van der Waals surface area (Å²) in [6.45, 7) is 10.6. The topological polar surface area (TPSA) is 0 Å². The van der Waals surface area contributed by atoms with Gasteiger partial charge >= 0.3 is 0 Å². The van der Waals surface area contributed by atoms with Gasteiger partial charge in [0.05, 0.1) is 0 Å². The summed E-state index contributed by atoms with van der Waals surface area (Å²) in [4.78, 5) is 0. The van der Waals surface area contributed by atoms with Gasteiger partial charge in [0.25, 0.3) is 0 Å². The van der Waals surface area contributed by atoms with Crippen molar-refractivity contribution < 1.29 is 17.1 Å². The van der Waals surface area contributed by atoms with Crippen LogP contribution >= 0.6 is 0 Å². The van der Waals surface area contributed by atoms with Crippen molar-refractivity contribution in [3.05, 3.63) is 58.1 Å². The third-order valence-electron chi connectivity index (χ3n) is 2.57. The van der Waals surface area contributed by atoms with Crippen molar-refractivity contribution in [3.8, 4) is 0 Å². The van der Waals surface area contributed by atoms with Crippen molar-refractivity contribution in [1.29, 1.82) is 0 Å². The maximum atomic E-state index is 2.20. The second kappa shape index (κ2) is 6.73. The smallest absolute Gasteiger partial charge is 0 e. The second-order valence-electron chi connectivity index (χ2n) is 4.36. The second-order valence-corrected chi connectivity index (χ2v) is 4.36. The van der Waals surface area contributed by atoms with E-state index in [0.29, 0.717) is 0 Å². The van der Waals surface area contributed by atoms with Gasteiger partial charge in [0.2, 0.25) is 0 Å². The first-order valence-electron chi connectivity index (χ1n) is 5.39. The molecular weight excluding hydrogens is 236 g/mol. The van der Waals surface area contributed by atoms with Gasteiger partial charge in [0.15, 0.2) is 0 Å². The molecule has 0 nitrogen and oxygen atoms in total. The van der Waals surface area contributed by atoms with Crippen LogP contribution in [0.3, 0.4) is 0 Å². The van der Waals surface area contributed by atoms with Crippen molar-refractivity contribution in [2.75, 3.05) is 0 Å². The number of hydrogen-bond acceptors (Lipinski definition) is 0. The van der Waals surface area contributed by atoms with Crippen LogP contribution in [0.5, 0.6) is 0 Å². The van der Waals surface area contributed by atoms with E-state index in [1.165, 1.54) is 27.8 Å². The molecule has 0 aliphatic carbocycles. The molecule has 0 N–H and O–H groups in total. The Morgan fingerprint density at radius 1 is 1.00 bits per heavy atom. The first-order valence-corrected chi connectivity index (χ1v) is 5.39. The normalized spacial score (nSPS) is 9.06. The summed E-state index contributed by atoms with van der Waals surface area (Å²) >= 11 is 0. The standard InChI is InChI=1S/C8H11.C7H9.Fe/c1-6-4-7(2)8(3)5-6;1-6-3-4-7(2)5-6;/h4-5H,1-3H3;3-5H,1-2H3;/q-5;-1;. The van der Waals surface area contributed by atoms with Crippen LogP contribution < -0.4 is 0 Å². The summed E-state index contributed by atoms with van der Waals surface area (Å²) in [7, 11) is 0. The van der Waals surface area contributed by atoms with E-state index in [4.69, 9.17) is 0 Å². The SMILES string of the molecule is C[c-]1[cH-][c-](C)[c-](C)[cH-]1.Cc1cc[c-](C)c1.[Fe]. The van der Waals surface area contributed by atoms with Crippen LogP contribution in [-0.2, 0) is 17.1 Å². The predicted octanol–water partition coefficient (Wildman–Crippen LogP) is 4.35. The molecule has 16 heavy (non-hydrogen) atoms. The molecule has 0 bridgehead atoms. The van der Waals surface area contributed by atoms with E-state index in [9.17, 15) is 0 Å². The van der Waals surface area contributed by atoms with E-state index in [-0.39, 0.29) is 17.1 Å². The molecule has 2 aromatic carbocycles. The molecule has 0 amide bonds. The van der Waals surface area contributed by atoms with Crippen molar-refractivity contribution in [2.24, 2.45) is 0 Å². The van der Waals surface area contributed by atoms with Gasteiger partial charge in [-0.1, -0.05) is 13.8 Å². The van der Waals surface area contributed by atoms with Gasteiger partial charge in [0.1, 0.15) is 0 Å². The largest absolute Gasteiger partial charge is 0.743 e. The number of hydrogen-bond donors (Lipinski definition) is 0. The number of rotatable bonds is 0. The Hall–Kier alpha value is -0.781. The zero-order valence-corrected chi connectivity index (χ0v) is 11.8. The Balaban J connectivity index is 0.000000267. The van der Waals surface area contributed by atoms with Gasteiger partial charge in [-0.05, 0) is 0 Å². The van der Waals surface area contributed by atoms with E-state index in [0.717, 1.165) is 0 Å². The summed E-state index contributed by atoms with van der Waals surface area (Å²) < 4.78 is 0. The van der Waals surface area contributed by atoms with E-state index >= 15 is 0 Å². The predicted molar refractivity (Wildman–Crippen MR) is 67.8 cm³/mol. The molecule has 2 rings (SSSR count). The van der Waals surface area contributed by atoms with Crippen LogP contribution in [-0.4, -0.2) is 0 Å². The van der Waals surface area contributed by atoms with E-state index < -0.39 is 0 Å². The minimum Gasteiger partial charge on any atom is -0.743 e. The molecule has 2 aromatic rings. The van der Waals surface area contributed by atoms with Crippen LogP contribution in [0.15, 0.2) is 30.3 Å². The molecule has 0 saturated carbocycles. The van der Waals surface area contributed by atoms with Crippen molar-refractivity contribution >= 4 is 0 Å². The summed E-state index contributed by atoms with van der Waals surface area (Å²) in [5, 5.41) is 0. The Morgan fingerprint density at radius 3 is 1.62 bits per heavy atom. The van der Waals surface area contributed by atoms with Gasteiger partial charge in [-0.15, -0.1) is 0 Å². The van der Waals surface area contributed by atoms with Crippen molar-refractivity contribution in [2.45, 2.75) is 34.6 Å². The first kappa shape index (κ1) is 15.2. The van der Waals surface area contributed by atoms with Gasteiger partial charge < -0.3 is 28.8 Å². The molecule has 1 heteroatoms. The fourth-order valence-corrected chi connectivity index (χ4v) is 1.67. The fraction of sp³-hybridized carbons (Fsp3) is 0.333. The number of aryl methyl sites for hydroxylation is 5. The molecule has 0 aromatic heterocycles. The summed E-state index contributed by atoms with van der Waals surface area (Å²) in [5.74, 6) is 0. The van der Waals surface area contributed by atoms with E-state index in [2.05, 4.69) is 65.0 Å². The summed E-state index contributed by atoms with van der Waals surface area (Å²) in [6.07, 6.45) is 0. The average molecular weight is 256 g/mol. The maximum Gasteiger partial charge on any atom is 0 e. The molecule has 0 fully saturated rings. The summed E-state index contributed by atoms with van der Waals surface area (Å²) in [5.41, 5.74) is 6.90. The van der Waals surface area contributed by atoms with Gasteiger partial charge in [-0.3, -0.25) is 0 Å². The summed E-state index contributed by atoms with van der Waals surface area (Å²) in [6, 6.07) is 10.8. The Morgan fingerprint density at radius 2 is 1.50 bits per heavy atom. The molecule has 0 unspecified atom stereocenters. The molecule has 0 saturated heterocycles. The van der Waals surface area contributed by atoms with Gasteiger partial charge in [0, 0.05) is 17.1 Å². The Labute approximate surface area is 110 Å². The van der Waals surface area contributed by atoms with Crippen LogP contribution in [0.2, 0.25) is 0 Å². The minimum atomic E-state index is 0. The third-order valence-corrected chi connectivity index (χ3v) is 2.57. The van der Waals surface area contributed by atoms with E-state index in [1.54, 1.807) is 0 Å².